The third-order valence-electron chi connectivity index (χ3n) is 10.8. The summed E-state index contributed by atoms with van der Waals surface area (Å²) in [5.74, 6) is -0.769. The zero-order valence-electron chi connectivity index (χ0n) is 37.2. The predicted octanol–water partition coefficient (Wildman–Crippen LogP) is 16.0. The van der Waals surface area contributed by atoms with E-state index in [1.54, 1.807) is 0 Å². The Morgan fingerprint density at radius 3 is 1.38 bits per heavy atom. The van der Waals surface area contributed by atoms with Crippen LogP contribution in [0.3, 0.4) is 0 Å². The van der Waals surface area contributed by atoms with Crippen LogP contribution in [-0.2, 0) is 22.9 Å². The molecule has 0 heterocycles. The van der Waals surface area contributed by atoms with Gasteiger partial charge in [-0.15, -0.1) is 11.5 Å². The molecule has 0 saturated carbocycles. The molecular formula is C53H80N2NiO2. The monoisotopic (exact) mass is 835 g/mol. The summed E-state index contributed by atoms with van der Waals surface area (Å²) in [4.78, 5) is 10.1. The van der Waals surface area contributed by atoms with Crippen LogP contribution in [0.4, 0.5) is 11.4 Å². The number of nitrogens with zero attached hydrogens (tertiary/aromatic N) is 2. The summed E-state index contributed by atoms with van der Waals surface area (Å²) in [6.07, 6.45) is 40.4. The summed E-state index contributed by atoms with van der Waals surface area (Å²) in [5, 5.41) is 22.0. The van der Waals surface area contributed by atoms with Crippen LogP contribution in [0.1, 0.15) is 199 Å². The molecule has 0 fully saturated rings. The van der Waals surface area contributed by atoms with Crippen molar-refractivity contribution in [3.05, 3.63) is 96.1 Å². The molecule has 0 radical (unpaired) electrons. The van der Waals surface area contributed by atoms with Crippen LogP contribution in [0.2, 0.25) is 0 Å². The standard InChI is InChI=1S/C42H66N2.C11H16O2.Ni/c1-3-5-7-8-9-10-11-12-13-14-15-16-17-18-19-20-21-22-23-24-25-32-38-42(44-40-35-30-27-31-36-40)41(37-6-4-2)43-39-33-28-26-29-34-39;1-3-4-5-9-7-11(13)10(12)6-8(9)2;/h26-36,38H,3-25,37H2,1-2H3;6-7,12-13H,3-5H2,1-2H3;/q;;+2/p-2. The first-order chi connectivity index (χ1) is 28.0. The molecule has 0 spiro atoms. The van der Waals surface area contributed by atoms with Gasteiger partial charge in [0.2, 0.25) is 0 Å². The van der Waals surface area contributed by atoms with E-state index in [0.29, 0.717) is 0 Å². The summed E-state index contributed by atoms with van der Waals surface area (Å²) in [6, 6.07) is 23.5. The zero-order valence-corrected chi connectivity index (χ0v) is 38.2. The summed E-state index contributed by atoms with van der Waals surface area (Å²) in [5.41, 5.74) is 6.04. The minimum atomic E-state index is -0.391. The maximum Gasteiger partial charge on any atom is 2.00 e. The smallest absolute Gasteiger partial charge is 0.873 e. The Morgan fingerprint density at radius 2 is 0.914 bits per heavy atom. The van der Waals surface area contributed by atoms with Gasteiger partial charge in [0.25, 0.3) is 0 Å². The van der Waals surface area contributed by atoms with Crippen LogP contribution in [0, 0.1) is 6.92 Å². The number of para-hydroxylation sites is 2. The van der Waals surface area contributed by atoms with Crippen molar-refractivity contribution in [2.45, 2.75) is 201 Å². The number of benzene rings is 3. The molecule has 0 amide bonds. The Bertz CT molecular complexity index is 1480. The predicted molar refractivity (Wildman–Crippen MR) is 247 cm³/mol. The topological polar surface area (TPSA) is 70.8 Å². The summed E-state index contributed by atoms with van der Waals surface area (Å²) in [6.45, 7) is 8.53. The Morgan fingerprint density at radius 1 is 0.500 bits per heavy atom. The van der Waals surface area contributed by atoms with E-state index in [2.05, 4.69) is 81.5 Å². The number of unbranched alkanes of at least 4 members (excludes halogenated alkanes) is 22. The van der Waals surface area contributed by atoms with Gasteiger partial charge in [-0.1, -0.05) is 210 Å². The second-order valence-electron chi connectivity index (χ2n) is 16.1. The number of hydrogen-bond acceptors (Lipinski definition) is 4. The van der Waals surface area contributed by atoms with E-state index in [1.807, 2.05) is 19.1 Å². The fourth-order valence-corrected chi connectivity index (χ4v) is 7.14. The molecule has 0 bridgehead atoms. The molecule has 5 heteroatoms. The quantitative estimate of drug-likeness (QED) is 0.0368. The molecule has 0 aromatic heterocycles. The summed E-state index contributed by atoms with van der Waals surface area (Å²) in [7, 11) is 0. The van der Waals surface area contributed by atoms with Crippen molar-refractivity contribution < 1.29 is 26.7 Å². The van der Waals surface area contributed by atoms with Crippen LogP contribution in [0.5, 0.6) is 11.5 Å². The van der Waals surface area contributed by atoms with Crippen LogP contribution < -0.4 is 10.2 Å². The SMILES string of the molecule is CCCCCCCCCCCCCCCCCCCCCCC=CC(=Nc1ccccc1)C(CCCC)=Nc1ccccc1.CCCCc1cc([O-])c([O-])cc1C.[Ni+2]. The first-order valence-corrected chi connectivity index (χ1v) is 23.4. The first kappa shape index (κ1) is 52.9. The Balaban J connectivity index is 0.00000102. The molecule has 0 aliphatic carbocycles. The van der Waals surface area contributed by atoms with Crippen molar-refractivity contribution in [1.29, 1.82) is 0 Å². The molecule has 0 saturated heterocycles. The van der Waals surface area contributed by atoms with E-state index in [1.165, 1.54) is 141 Å². The van der Waals surface area contributed by atoms with Gasteiger partial charge in [-0.2, -0.15) is 0 Å². The molecule has 0 N–H and O–H groups in total. The number of hydrogen-bond donors (Lipinski definition) is 0. The minimum Gasteiger partial charge on any atom is -0.873 e. The van der Waals surface area contributed by atoms with Crippen molar-refractivity contribution in [2.75, 3.05) is 0 Å². The number of rotatable bonds is 31. The van der Waals surface area contributed by atoms with Crippen LogP contribution in [0.25, 0.3) is 0 Å². The molecule has 3 aromatic carbocycles. The number of allylic oxidation sites excluding steroid dienone is 2. The van der Waals surface area contributed by atoms with Gasteiger partial charge in [0.15, 0.2) is 0 Å². The molecular weight excluding hydrogens is 755 g/mol. The Labute approximate surface area is 366 Å². The maximum atomic E-state index is 11.0. The molecule has 0 aliphatic heterocycles. The van der Waals surface area contributed by atoms with Gasteiger partial charge in [-0.3, -0.25) is 4.99 Å². The third-order valence-corrected chi connectivity index (χ3v) is 10.8. The average molecular weight is 836 g/mol. The normalized spacial score (nSPS) is 11.7. The van der Waals surface area contributed by atoms with Crippen molar-refractivity contribution in [3.8, 4) is 11.5 Å². The van der Waals surface area contributed by atoms with E-state index >= 15 is 0 Å². The largest absolute Gasteiger partial charge is 2.00 e. The second kappa shape index (κ2) is 36.9. The van der Waals surface area contributed by atoms with Gasteiger partial charge in [-0.05, 0) is 86.9 Å². The van der Waals surface area contributed by atoms with E-state index < -0.39 is 5.75 Å². The van der Waals surface area contributed by atoms with Crippen LogP contribution in [-0.4, -0.2) is 11.4 Å². The van der Waals surface area contributed by atoms with Gasteiger partial charge in [-0.25, -0.2) is 4.99 Å². The molecule has 0 atom stereocenters. The molecule has 324 valence electrons. The van der Waals surface area contributed by atoms with Crippen molar-refractivity contribution in [3.63, 3.8) is 0 Å². The zero-order chi connectivity index (χ0) is 41.0. The Hall–Kier alpha value is -3.17. The minimum absolute atomic E-state index is 0. The maximum absolute atomic E-state index is 11.0. The van der Waals surface area contributed by atoms with E-state index in [9.17, 15) is 10.2 Å². The fourth-order valence-electron chi connectivity index (χ4n) is 7.14. The summed E-state index contributed by atoms with van der Waals surface area (Å²) < 4.78 is 0. The molecule has 0 unspecified atom stereocenters. The third kappa shape index (κ3) is 26.8. The molecule has 58 heavy (non-hydrogen) atoms. The molecule has 3 rings (SSSR count). The van der Waals surface area contributed by atoms with E-state index in [4.69, 9.17) is 9.98 Å². The number of aliphatic imine (C=N–C) groups is 2. The molecule has 4 nitrogen and oxygen atoms in total. The van der Waals surface area contributed by atoms with E-state index in [-0.39, 0.29) is 22.2 Å². The fraction of sp³-hybridized carbons (Fsp3) is 0.585. The van der Waals surface area contributed by atoms with Crippen molar-refractivity contribution >= 4 is 22.8 Å². The average Bonchev–Trinajstić information content (AvgIpc) is 3.22. The van der Waals surface area contributed by atoms with Gasteiger partial charge < -0.3 is 10.2 Å². The second-order valence-corrected chi connectivity index (χ2v) is 16.1. The molecule has 3 aromatic rings. The van der Waals surface area contributed by atoms with Gasteiger partial charge in [0, 0.05) is 0 Å². The van der Waals surface area contributed by atoms with Crippen LogP contribution in [0.15, 0.2) is 94.9 Å². The molecule has 0 aliphatic rings. The van der Waals surface area contributed by atoms with Gasteiger partial charge >= 0.3 is 16.5 Å². The van der Waals surface area contributed by atoms with E-state index in [0.717, 1.165) is 78.9 Å². The van der Waals surface area contributed by atoms with Gasteiger partial charge in [0.1, 0.15) is 0 Å². The Kier molecular flexibility index (Phi) is 33.6. The number of aryl methyl sites for hydroxylation is 2. The van der Waals surface area contributed by atoms with Crippen molar-refractivity contribution in [1.82, 2.24) is 0 Å². The van der Waals surface area contributed by atoms with Crippen LogP contribution >= 0.6 is 0 Å². The first-order valence-electron chi connectivity index (χ1n) is 23.4. The summed E-state index contributed by atoms with van der Waals surface area (Å²) >= 11 is 0. The van der Waals surface area contributed by atoms with Gasteiger partial charge in [0.05, 0.1) is 22.8 Å². The van der Waals surface area contributed by atoms with Crippen molar-refractivity contribution in [2.24, 2.45) is 9.98 Å².